The number of carbonyl (C=O) groups excluding carboxylic acids is 1. The lowest BCUT2D eigenvalue weighted by molar-refractivity contribution is 0.00349. The standard InChI is InChI=1S/C18H24N2O3S/c1-18(2,3)23-17(21)20-11-7-6-8-13(20)12-22-16-14-9-4-5-10-15(14)24-19-16/h4-5,9-10,13H,6-8,11-12H2,1-3H3. The zero-order valence-electron chi connectivity index (χ0n) is 14.4. The molecule has 0 aliphatic carbocycles. The molecule has 1 aromatic carbocycles. The van der Waals surface area contributed by atoms with Crippen molar-refractivity contribution in [2.24, 2.45) is 0 Å². The highest BCUT2D eigenvalue weighted by Crippen LogP contribution is 2.29. The highest BCUT2D eigenvalue weighted by Gasteiger charge is 2.31. The highest BCUT2D eigenvalue weighted by atomic mass is 32.1. The van der Waals surface area contributed by atoms with Gasteiger partial charge in [-0.1, -0.05) is 12.1 Å². The van der Waals surface area contributed by atoms with Gasteiger partial charge in [-0.25, -0.2) is 4.79 Å². The Morgan fingerprint density at radius 3 is 2.92 bits per heavy atom. The van der Waals surface area contributed by atoms with Gasteiger partial charge in [0, 0.05) is 6.54 Å². The topological polar surface area (TPSA) is 51.7 Å². The summed E-state index contributed by atoms with van der Waals surface area (Å²) in [5, 5.41) is 1.03. The van der Waals surface area contributed by atoms with Crippen molar-refractivity contribution >= 4 is 27.7 Å². The molecule has 1 fully saturated rings. The molecule has 5 nitrogen and oxygen atoms in total. The minimum absolute atomic E-state index is 0.0362. The average molecular weight is 348 g/mol. The third-order valence-corrected chi connectivity index (χ3v) is 4.82. The second-order valence-corrected chi connectivity index (χ2v) is 7.92. The van der Waals surface area contributed by atoms with Gasteiger partial charge in [0.15, 0.2) is 0 Å². The number of carbonyl (C=O) groups is 1. The lowest BCUT2D eigenvalue weighted by Crippen LogP contribution is -2.48. The summed E-state index contributed by atoms with van der Waals surface area (Å²) < 4.78 is 17.0. The summed E-state index contributed by atoms with van der Waals surface area (Å²) in [4.78, 5) is 14.2. The molecule has 1 unspecified atom stereocenters. The number of fused-ring (bicyclic) bond motifs is 1. The first kappa shape index (κ1) is 17.0. The molecule has 0 radical (unpaired) electrons. The van der Waals surface area contributed by atoms with Gasteiger partial charge in [-0.2, -0.15) is 4.37 Å². The third kappa shape index (κ3) is 3.98. The van der Waals surface area contributed by atoms with E-state index in [2.05, 4.69) is 4.37 Å². The monoisotopic (exact) mass is 348 g/mol. The van der Waals surface area contributed by atoms with Crippen molar-refractivity contribution in [2.75, 3.05) is 13.2 Å². The number of hydrogen-bond acceptors (Lipinski definition) is 5. The fourth-order valence-corrected chi connectivity index (χ4v) is 3.60. The molecule has 130 valence electrons. The van der Waals surface area contributed by atoms with Crippen LogP contribution in [-0.2, 0) is 4.74 Å². The van der Waals surface area contributed by atoms with Gasteiger partial charge in [0.1, 0.15) is 12.2 Å². The first-order valence-corrected chi connectivity index (χ1v) is 9.18. The van der Waals surface area contributed by atoms with Crippen LogP contribution in [0.4, 0.5) is 4.79 Å². The Morgan fingerprint density at radius 1 is 1.33 bits per heavy atom. The van der Waals surface area contributed by atoms with Crippen molar-refractivity contribution in [3.63, 3.8) is 0 Å². The maximum absolute atomic E-state index is 12.4. The summed E-state index contributed by atoms with van der Waals surface area (Å²) in [6.07, 6.45) is 2.79. The Morgan fingerprint density at radius 2 is 2.12 bits per heavy atom. The molecule has 0 N–H and O–H groups in total. The largest absolute Gasteiger partial charge is 0.474 e. The van der Waals surface area contributed by atoms with Crippen LogP contribution >= 0.6 is 11.5 Å². The number of nitrogens with zero attached hydrogens (tertiary/aromatic N) is 2. The molecule has 0 saturated carbocycles. The zero-order valence-corrected chi connectivity index (χ0v) is 15.3. The van der Waals surface area contributed by atoms with Gasteiger partial charge in [-0.05, 0) is 63.7 Å². The quantitative estimate of drug-likeness (QED) is 0.821. The Bertz CT molecular complexity index is 708. The van der Waals surface area contributed by atoms with E-state index in [4.69, 9.17) is 9.47 Å². The summed E-state index contributed by atoms with van der Waals surface area (Å²) in [5.41, 5.74) is -0.481. The number of amides is 1. The number of likely N-dealkylation sites (tertiary alicyclic amines) is 1. The summed E-state index contributed by atoms with van der Waals surface area (Å²) in [6, 6.07) is 8.06. The molecule has 0 spiro atoms. The molecular weight excluding hydrogens is 324 g/mol. The minimum Gasteiger partial charge on any atom is -0.474 e. The van der Waals surface area contributed by atoms with E-state index >= 15 is 0 Å². The van der Waals surface area contributed by atoms with Crippen molar-refractivity contribution < 1.29 is 14.3 Å². The van der Waals surface area contributed by atoms with Crippen molar-refractivity contribution in [3.8, 4) is 5.88 Å². The number of hydrogen-bond donors (Lipinski definition) is 0. The van der Waals surface area contributed by atoms with Crippen molar-refractivity contribution in [1.82, 2.24) is 9.27 Å². The Hall–Kier alpha value is -1.82. The smallest absolute Gasteiger partial charge is 0.410 e. The van der Waals surface area contributed by atoms with E-state index in [-0.39, 0.29) is 12.1 Å². The van der Waals surface area contributed by atoms with Crippen molar-refractivity contribution in [3.05, 3.63) is 24.3 Å². The number of rotatable bonds is 3. The minimum atomic E-state index is -0.481. The van der Waals surface area contributed by atoms with E-state index in [1.165, 1.54) is 11.5 Å². The van der Waals surface area contributed by atoms with Gasteiger partial charge in [-0.15, -0.1) is 0 Å². The van der Waals surface area contributed by atoms with Crippen LogP contribution in [0.15, 0.2) is 24.3 Å². The number of piperidine rings is 1. The molecule has 1 saturated heterocycles. The van der Waals surface area contributed by atoms with Crippen LogP contribution in [-0.4, -0.2) is 40.2 Å². The summed E-state index contributed by atoms with van der Waals surface area (Å²) in [5.74, 6) is 0.658. The first-order valence-electron chi connectivity index (χ1n) is 8.41. The van der Waals surface area contributed by atoms with Gasteiger partial charge >= 0.3 is 6.09 Å². The zero-order chi connectivity index (χ0) is 17.2. The third-order valence-electron chi connectivity index (χ3n) is 4.01. The molecule has 3 rings (SSSR count). The van der Waals surface area contributed by atoms with Gasteiger partial charge in [-0.3, -0.25) is 0 Å². The summed E-state index contributed by atoms with van der Waals surface area (Å²) >= 11 is 1.44. The normalized spacial score (nSPS) is 18.6. The average Bonchev–Trinajstić information content (AvgIpc) is 2.95. The maximum Gasteiger partial charge on any atom is 0.410 e. The Labute approximate surface area is 146 Å². The van der Waals surface area contributed by atoms with Crippen LogP contribution in [0.3, 0.4) is 0 Å². The van der Waals surface area contributed by atoms with Crippen molar-refractivity contribution in [1.29, 1.82) is 0 Å². The van der Waals surface area contributed by atoms with Gasteiger partial charge in [0.2, 0.25) is 5.88 Å². The molecular formula is C18H24N2O3S. The second kappa shape index (κ2) is 6.97. The van der Waals surface area contributed by atoms with E-state index in [0.29, 0.717) is 12.5 Å². The molecule has 1 aromatic heterocycles. The van der Waals surface area contributed by atoms with E-state index in [9.17, 15) is 4.79 Å². The lowest BCUT2D eigenvalue weighted by atomic mass is 10.0. The molecule has 1 atom stereocenters. The molecule has 24 heavy (non-hydrogen) atoms. The summed E-state index contributed by atoms with van der Waals surface area (Å²) in [7, 11) is 0. The fraction of sp³-hybridized carbons (Fsp3) is 0.556. The molecule has 1 aliphatic rings. The van der Waals surface area contributed by atoms with Gasteiger partial charge < -0.3 is 14.4 Å². The highest BCUT2D eigenvalue weighted by molar-refractivity contribution is 7.13. The van der Waals surface area contributed by atoms with Crippen LogP contribution in [0.25, 0.3) is 10.1 Å². The molecule has 2 aromatic rings. The fourth-order valence-electron chi connectivity index (χ4n) is 2.88. The van der Waals surface area contributed by atoms with Crippen LogP contribution < -0.4 is 4.74 Å². The van der Waals surface area contributed by atoms with Crippen LogP contribution in [0, 0.1) is 0 Å². The SMILES string of the molecule is CC(C)(C)OC(=O)N1CCCCC1COc1nsc2ccccc12. The first-order chi connectivity index (χ1) is 11.4. The predicted octanol–water partition coefficient (Wildman–Crippen LogP) is 4.46. The van der Waals surface area contributed by atoms with Gasteiger partial charge in [0.25, 0.3) is 0 Å². The van der Waals surface area contributed by atoms with E-state index < -0.39 is 5.60 Å². The van der Waals surface area contributed by atoms with Crippen molar-refractivity contribution in [2.45, 2.75) is 51.7 Å². The molecule has 6 heteroatoms. The van der Waals surface area contributed by atoms with Crippen LogP contribution in [0.2, 0.25) is 0 Å². The van der Waals surface area contributed by atoms with Crippen LogP contribution in [0.5, 0.6) is 5.88 Å². The number of benzene rings is 1. The second-order valence-electron chi connectivity index (χ2n) is 7.12. The van der Waals surface area contributed by atoms with E-state index in [0.717, 1.165) is 35.9 Å². The van der Waals surface area contributed by atoms with Gasteiger partial charge in [0.05, 0.1) is 16.1 Å². The molecule has 1 aliphatic heterocycles. The number of ether oxygens (including phenoxy) is 2. The summed E-state index contributed by atoms with van der Waals surface area (Å²) in [6.45, 7) is 6.85. The van der Waals surface area contributed by atoms with E-state index in [1.54, 1.807) is 0 Å². The predicted molar refractivity (Wildman–Crippen MR) is 95.7 cm³/mol. The Balaban J connectivity index is 1.67. The lowest BCUT2D eigenvalue weighted by Gasteiger charge is -2.36. The maximum atomic E-state index is 12.4. The molecule has 1 amide bonds. The Kier molecular flexibility index (Phi) is 4.94. The molecule has 0 bridgehead atoms. The van der Waals surface area contributed by atoms with Crippen LogP contribution in [0.1, 0.15) is 40.0 Å². The van der Waals surface area contributed by atoms with E-state index in [1.807, 2.05) is 49.9 Å². The number of aromatic nitrogens is 1. The molecule has 2 heterocycles.